The maximum atomic E-state index is 13.1. The second kappa shape index (κ2) is 8.32. The van der Waals surface area contributed by atoms with E-state index in [1.807, 2.05) is 18.3 Å². The molecule has 0 aliphatic carbocycles. The molecule has 2 N–H and O–H groups in total. The molecule has 0 amide bonds. The van der Waals surface area contributed by atoms with Gasteiger partial charge in [0, 0.05) is 63.1 Å². The summed E-state index contributed by atoms with van der Waals surface area (Å²) in [4.78, 5) is 13.6. The Morgan fingerprint density at radius 2 is 1.63 bits per heavy atom. The molecule has 7 heteroatoms. The van der Waals surface area contributed by atoms with Gasteiger partial charge in [0.05, 0.1) is 0 Å². The van der Waals surface area contributed by atoms with Crippen LogP contribution < -0.4 is 5.73 Å². The highest BCUT2D eigenvalue weighted by atomic mass is 19.1. The lowest BCUT2D eigenvalue weighted by molar-refractivity contribution is 0.119. The van der Waals surface area contributed by atoms with E-state index in [9.17, 15) is 4.39 Å². The summed E-state index contributed by atoms with van der Waals surface area (Å²) in [6, 6.07) is 9.02. The van der Waals surface area contributed by atoms with Gasteiger partial charge in [-0.25, -0.2) is 9.37 Å². The van der Waals surface area contributed by atoms with Crippen molar-refractivity contribution in [2.75, 3.05) is 31.9 Å². The molecule has 0 bridgehead atoms. The maximum Gasteiger partial charge on any atom is 0.221 e. The molecular weight excluding hydrogens is 379 g/mol. The molecule has 0 spiro atoms. The smallest absolute Gasteiger partial charge is 0.221 e. The van der Waals surface area contributed by atoms with Crippen LogP contribution in [0.15, 0.2) is 36.5 Å². The Balaban J connectivity index is 1.44. The highest BCUT2D eigenvalue weighted by molar-refractivity contribution is 5.77. The van der Waals surface area contributed by atoms with E-state index in [-0.39, 0.29) is 11.2 Å². The molecule has 1 saturated heterocycles. The van der Waals surface area contributed by atoms with Crippen molar-refractivity contribution >= 4 is 17.0 Å². The Hall–Kier alpha value is -2.51. The topological polar surface area (TPSA) is 63.2 Å². The van der Waals surface area contributed by atoms with E-state index in [4.69, 9.17) is 5.73 Å². The van der Waals surface area contributed by atoms with Gasteiger partial charge in [-0.1, -0.05) is 32.9 Å². The largest absolute Gasteiger partial charge is 0.368 e. The SMILES string of the molecule is CC(C)(C)Cn1c(CN2CCN(Cc3ccc(F)cc3)CC2)cc2cnc(N)nc21. The van der Waals surface area contributed by atoms with Crippen molar-refractivity contribution < 1.29 is 4.39 Å². The Morgan fingerprint density at radius 1 is 1.00 bits per heavy atom. The van der Waals surface area contributed by atoms with E-state index < -0.39 is 0 Å². The summed E-state index contributed by atoms with van der Waals surface area (Å²) in [5.41, 5.74) is 9.33. The Bertz CT molecular complexity index is 997. The Kier molecular flexibility index (Phi) is 5.75. The molecule has 160 valence electrons. The first-order valence-corrected chi connectivity index (χ1v) is 10.6. The van der Waals surface area contributed by atoms with Crippen molar-refractivity contribution in [3.8, 4) is 0 Å². The van der Waals surface area contributed by atoms with E-state index in [1.54, 1.807) is 0 Å². The number of nitrogen functional groups attached to an aromatic ring is 1. The lowest BCUT2D eigenvalue weighted by atomic mass is 9.97. The number of benzene rings is 1. The fraction of sp³-hybridized carbons (Fsp3) is 0.478. The van der Waals surface area contributed by atoms with Crippen LogP contribution in [0.1, 0.15) is 32.0 Å². The van der Waals surface area contributed by atoms with Crippen LogP contribution in [0.4, 0.5) is 10.3 Å². The van der Waals surface area contributed by atoms with Crippen molar-refractivity contribution in [2.24, 2.45) is 5.41 Å². The highest BCUT2D eigenvalue weighted by Gasteiger charge is 2.22. The zero-order valence-electron chi connectivity index (χ0n) is 18.1. The molecule has 1 aliphatic rings. The average molecular weight is 411 g/mol. The molecular formula is C23H31FN6. The lowest BCUT2D eigenvalue weighted by Crippen LogP contribution is -2.45. The van der Waals surface area contributed by atoms with Crippen LogP contribution in [0.25, 0.3) is 11.0 Å². The third-order valence-electron chi connectivity index (χ3n) is 5.54. The molecule has 0 saturated carbocycles. The summed E-state index contributed by atoms with van der Waals surface area (Å²) in [7, 11) is 0. The third-order valence-corrected chi connectivity index (χ3v) is 5.54. The van der Waals surface area contributed by atoms with Crippen LogP contribution in [0.5, 0.6) is 0 Å². The molecule has 2 aromatic heterocycles. The first-order chi connectivity index (χ1) is 14.3. The van der Waals surface area contributed by atoms with Gasteiger partial charge in [0.1, 0.15) is 11.5 Å². The maximum absolute atomic E-state index is 13.1. The summed E-state index contributed by atoms with van der Waals surface area (Å²) in [6.07, 6.45) is 1.82. The number of aromatic nitrogens is 3. The summed E-state index contributed by atoms with van der Waals surface area (Å²) in [5.74, 6) is 0.136. The van der Waals surface area contributed by atoms with Crippen LogP contribution in [0, 0.1) is 11.2 Å². The van der Waals surface area contributed by atoms with Crippen LogP contribution in [0.3, 0.4) is 0 Å². The molecule has 0 radical (unpaired) electrons. The van der Waals surface area contributed by atoms with E-state index in [0.717, 1.165) is 62.4 Å². The number of anilines is 1. The zero-order valence-corrected chi connectivity index (χ0v) is 18.1. The first-order valence-electron chi connectivity index (χ1n) is 10.6. The van der Waals surface area contributed by atoms with E-state index in [2.05, 4.69) is 51.2 Å². The molecule has 0 unspecified atom stereocenters. The van der Waals surface area contributed by atoms with Crippen LogP contribution in [-0.2, 0) is 19.6 Å². The lowest BCUT2D eigenvalue weighted by Gasteiger charge is -2.35. The molecule has 1 aliphatic heterocycles. The molecule has 0 atom stereocenters. The van der Waals surface area contributed by atoms with Gasteiger partial charge in [-0.3, -0.25) is 9.80 Å². The molecule has 30 heavy (non-hydrogen) atoms. The van der Waals surface area contributed by atoms with Gasteiger partial charge in [0.2, 0.25) is 5.95 Å². The number of rotatable bonds is 5. The van der Waals surface area contributed by atoms with Crippen molar-refractivity contribution in [1.29, 1.82) is 0 Å². The Morgan fingerprint density at radius 3 is 2.27 bits per heavy atom. The number of halogens is 1. The van der Waals surface area contributed by atoms with Gasteiger partial charge in [0.15, 0.2) is 0 Å². The minimum absolute atomic E-state index is 0.133. The predicted molar refractivity (Wildman–Crippen MR) is 118 cm³/mol. The number of fused-ring (bicyclic) bond motifs is 1. The average Bonchev–Trinajstić information content (AvgIpc) is 3.00. The summed E-state index contributed by atoms with van der Waals surface area (Å²) in [6.45, 7) is 13.4. The molecule has 1 fully saturated rings. The van der Waals surface area contributed by atoms with Gasteiger partial charge >= 0.3 is 0 Å². The van der Waals surface area contributed by atoms with E-state index in [1.165, 1.54) is 17.8 Å². The molecule has 3 aromatic rings. The molecule has 3 heterocycles. The summed E-state index contributed by atoms with van der Waals surface area (Å²) in [5, 5.41) is 1.04. The van der Waals surface area contributed by atoms with Gasteiger partial charge in [-0.2, -0.15) is 4.98 Å². The number of nitrogens with two attached hydrogens (primary N) is 1. The number of hydrogen-bond acceptors (Lipinski definition) is 5. The minimum atomic E-state index is -0.180. The van der Waals surface area contributed by atoms with Crippen LogP contribution >= 0.6 is 0 Å². The third kappa shape index (κ3) is 4.96. The summed E-state index contributed by atoms with van der Waals surface area (Å²) >= 11 is 0. The monoisotopic (exact) mass is 410 g/mol. The number of hydrogen-bond donors (Lipinski definition) is 1. The highest BCUT2D eigenvalue weighted by Crippen LogP contribution is 2.25. The fourth-order valence-corrected chi connectivity index (χ4v) is 4.07. The van der Waals surface area contributed by atoms with Gasteiger partial charge < -0.3 is 10.3 Å². The van der Waals surface area contributed by atoms with Gasteiger partial charge in [-0.05, 0) is 29.2 Å². The second-order valence-electron chi connectivity index (χ2n) is 9.47. The fourth-order valence-electron chi connectivity index (χ4n) is 4.07. The second-order valence-corrected chi connectivity index (χ2v) is 9.47. The van der Waals surface area contributed by atoms with Crippen molar-refractivity contribution in [1.82, 2.24) is 24.3 Å². The zero-order chi connectivity index (χ0) is 21.3. The number of nitrogens with zero attached hydrogens (tertiary/aromatic N) is 5. The minimum Gasteiger partial charge on any atom is -0.368 e. The van der Waals surface area contributed by atoms with Gasteiger partial charge in [0.25, 0.3) is 0 Å². The van der Waals surface area contributed by atoms with Crippen LogP contribution in [-0.4, -0.2) is 50.5 Å². The molecule has 6 nitrogen and oxygen atoms in total. The quantitative estimate of drug-likeness (QED) is 0.697. The molecule has 4 rings (SSSR count). The van der Waals surface area contributed by atoms with E-state index >= 15 is 0 Å². The van der Waals surface area contributed by atoms with Gasteiger partial charge in [-0.15, -0.1) is 0 Å². The predicted octanol–water partition coefficient (Wildman–Crippen LogP) is 3.52. The first kappa shape index (κ1) is 20.8. The Labute approximate surface area is 177 Å². The molecule has 1 aromatic carbocycles. The van der Waals surface area contributed by atoms with Crippen molar-refractivity contribution in [3.05, 3.63) is 53.6 Å². The standard InChI is InChI=1S/C23H31FN6/c1-23(2,3)16-30-20(12-18-13-26-22(25)27-21(18)30)15-29-10-8-28(9-11-29)14-17-4-6-19(24)7-5-17/h4-7,12-13H,8-11,14-16H2,1-3H3,(H2,25,26,27). The van der Waals surface area contributed by atoms with Crippen LogP contribution in [0.2, 0.25) is 0 Å². The summed E-state index contributed by atoms with van der Waals surface area (Å²) < 4.78 is 15.4. The van der Waals surface area contributed by atoms with Crippen molar-refractivity contribution in [3.63, 3.8) is 0 Å². The normalized spacial score (nSPS) is 16.4. The number of piperazine rings is 1. The van der Waals surface area contributed by atoms with E-state index in [0.29, 0.717) is 5.95 Å². The van der Waals surface area contributed by atoms with Crippen molar-refractivity contribution in [2.45, 2.75) is 40.4 Å².